The lowest BCUT2D eigenvalue weighted by atomic mass is 10.3. The average Bonchev–Trinajstić information content (AvgIpc) is 2.29. The molecule has 4 N–H and O–H groups in total. The lowest BCUT2D eigenvalue weighted by Crippen LogP contribution is -2.16. The second-order valence-corrected chi connectivity index (χ2v) is 5.05. The van der Waals surface area contributed by atoms with Crippen molar-refractivity contribution in [1.82, 2.24) is 9.97 Å². The molecule has 7 nitrogen and oxygen atoms in total. The molecular formula is C10H10N4O3S. The van der Waals surface area contributed by atoms with Gasteiger partial charge in [0.15, 0.2) is 0 Å². The summed E-state index contributed by atoms with van der Waals surface area (Å²) in [6.07, 6.45) is 2.82. The predicted molar refractivity (Wildman–Crippen MR) is 65.4 cm³/mol. The Morgan fingerprint density at radius 2 is 1.89 bits per heavy atom. The van der Waals surface area contributed by atoms with Gasteiger partial charge in [0.1, 0.15) is 10.6 Å². The first kappa shape index (κ1) is 12.1. The van der Waals surface area contributed by atoms with Gasteiger partial charge in [-0.2, -0.15) is 0 Å². The number of phenols is 1. The molecule has 8 heteroatoms. The van der Waals surface area contributed by atoms with Crippen molar-refractivity contribution in [1.29, 1.82) is 0 Å². The van der Waals surface area contributed by atoms with Crippen molar-refractivity contribution >= 4 is 21.7 Å². The summed E-state index contributed by atoms with van der Waals surface area (Å²) in [6.45, 7) is 0. The first-order valence-electron chi connectivity index (χ1n) is 4.87. The van der Waals surface area contributed by atoms with Crippen LogP contribution in [0, 0.1) is 0 Å². The smallest absolute Gasteiger partial charge is 0.266 e. The molecule has 0 atom stereocenters. The van der Waals surface area contributed by atoms with Crippen molar-refractivity contribution < 1.29 is 13.5 Å². The number of phenolic OH excluding ortho intramolecular Hbond substituents is 1. The Hall–Kier alpha value is -2.35. The summed E-state index contributed by atoms with van der Waals surface area (Å²) in [5.41, 5.74) is 5.48. The summed E-state index contributed by atoms with van der Waals surface area (Å²) in [6, 6.07) is 5.15. The van der Waals surface area contributed by atoms with Crippen LogP contribution in [0.3, 0.4) is 0 Å². The molecule has 0 aliphatic carbocycles. The van der Waals surface area contributed by atoms with E-state index in [1.807, 2.05) is 0 Å². The predicted octanol–water partition coefficient (Wildman–Crippen LogP) is 0.565. The molecule has 0 amide bonds. The van der Waals surface area contributed by atoms with Crippen LogP contribution in [0.4, 0.5) is 11.6 Å². The van der Waals surface area contributed by atoms with Gasteiger partial charge in [-0.1, -0.05) is 0 Å². The van der Waals surface area contributed by atoms with E-state index in [9.17, 15) is 13.5 Å². The van der Waals surface area contributed by atoms with E-state index < -0.39 is 10.0 Å². The first-order chi connectivity index (χ1) is 8.49. The number of aromatic hydroxyl groups is 1. The highest BCUT2D eigenvalue weighted by atomic mass is 32.2. The standard InChI is InChI=1S/C10H10N4O3S/c11-8-6-7(15)2-3-9(8)18(16,17)14-10-12-4-1-5-13-10/h1-6,15H,11H2,(H,12,13,14). The van der Waals surface area contributed by atoms with Crippen molar-refractivity contribution in [3.05, 3.63) is 36.7 Å². The molecule has 1 heterocycles. The highest BCUT2D eigenvalue weighted by Gasteiger charge is 2.18. The molecule has 0 spiro atoms. The summed E-state index contributed by atoms with van der Waals surface area (Å²) < 4.78 is 26.1. The summed E-state index contributed by atoms with van der Waals surface area (Å²) >= 11 is 0. The molecule has 1 aromatic heterocycles. The van der Waals surface area contributed by atoms with E-state index in [1.165, 1.54) is 24.5 Å². The number of sulfonamides is 1. The zero-order chi connectivity index (χ0) is 13.2. The van der Waals surface area contributed by atoms with Gasteiger partial charge >= 0.3 is 0 Å². The van der Waals surface area contributed by atoms with Crippen molar-refractivity contribution in [2.75, 3.05) is 10.5 Å². The van der Waals surface area contributed by atoms with Gasteiger partial charge < -0.3 is 10.8 Å². The molecule has 0 saturated carbocycles. The monoisotopic (exact) mass is 266 g/mol. The Bertz CT molecular complexity index is 658. The average molecular weight is 266 g/mol. The fraction of sp³-hybridized carbons (Fsp3) is 0. The molecular weight excluding hydrogens is 256 g/mol. The van der Waals surface area contributed by atoms with E-state index >= 15 is 0 Å². The van der Waals surface area contributed by atoms with Gasteiger partial charge in [-0.3, -0.25) is 0 Å². The van der Waals surface area contributed by atoms with Crippen LogP contribution >= 0.6 is 0 Å². The molecule has 18 heavy (non-hydrogen) atoms. The minimum atomic E-state index is -3.87. The fourth-order valence-electron chi connectivity index (χ4n) is 1.31. The number of rotatable bonds is 3. The number of hydrogen-bond donors (Lipinski definition) is 3. The van der Waals surface area contributed by atoms with Gasteiger partial charge in [-0.15, -0.1) is 0 Å². The first-order valence-corrected chi connectivity index (χ1v) is 6.36. The van der Waals surface area contributed by atoms with Crippen LogP contribution in [0.15, 0.2) is 41.6 Å². The zero-order valence-electron chi connectivity index (χ0n) is 9.11. The Morgan fingerprint density at radius 3 is 2.50 bits per heavy atom. The molecule has 0 aliphatic heterocycles. The molecule has 2 aromatic rings. The van der Waals surface area contributed by atoms with Crippen LogP contribution in [-0.2, 0) is 10.0 Å². The van der Waals surface area contributed by atoms with Gasteiger partial charge in [-0.05, 0) is 18.2 Å². The van der Waals surface area contributed by atoms with E-state index in [-0.39, 0.29) is 22.3 Å². The molecule has 94 valence electrons. The fourth-order valence-corrected chi connectivity index (χ4v) is 2.38. The van der Waals surface area contributed by atoms with Crippen LogP contribution in [-0.4, -0.2) is 23.5 Å². The maximum atomic E-state index is 12.0. The molecule has 0 fully saturated rings. The third kappa shape index (κ3) is 2.48. The summed E-state index contributed by atoms with van der Waals surface area (Å²) in [4.78, 5) is 7.34. The topological polar surface area (TPSA) is 118 Å². The Labute approximate surface area is 103 Å². The highest BCUT2D eigenvalue weighted by molar-refractivity contribution is 7.92. The number of nitrogen functional groups attached to an aromatic ring is 1. The van der Waals surface area contributed by atoms with Crippen molar-refractivity contribution in [3.63, 3.8) is 0 Å². The van der Waals surface area contributed by atoms with Crippen molar-refractivity contribution in [2.45, 2.75) is 4.90 Å². The normalized spacial score (nSPS) is 11.1. The third-order valence-corrected chi connectivity index (χ3v) is 3.48. The van der Waals surface area contributed by atoms with Crippen molar-refractivity contribution in [3.8, 4) is 5.75 Å². The lowest BCUT2D eigenvalue weighted by Gasteiger charge is -2.08. The van der Waals surface area contributed by atoms with Gasteiger partial charge in [0.25, 0.3) is 10.0 Å². The third-order valence-electron chi connectivity index (χ3n) is 2.07. The van der Waals surface area contributed by atoms with E-state index in [0.29, 0.717) is 0 Å². The summed E-state index contributed by atoms with van der Waals surface area (Å²) in [5.74, 6) is -0.160. The number of anilines is 2. The van der Waals surface area contributed by atoms with Gasteiger partial charge in [0.2, 0.25) is 5.95 Å². The van der Waals surface area contributed by atoms with Crippen LogP contribution in [0.5, 0.6) is 5.75 Å². The van der Waals surface area contributed by atoms with Gasteiger partial charge in [0, 0.05) is 18.5 Å². The van der Waals surface area contributed by atoms with E-state index in [0.717, 1.165) is 6.07 Å². The number of nitrogens with one attached hydrogen (secondary N) is 1. The number of nitrogens with zero attached hydrogens (tertiary/aromatic N) is 2. The molecule has 1 aromatic carbocycles. The number of nitrogens with two attached hydrogens (primary N) is 1. The minimum Gasteiger partial charge on any atom is -0.508 e. The second-order valence-electron chi connectivity index (χ2n) is 3.40. The molecule has 0 saturated heterocycles. The zero-order valence-corrected chi connectivity index (χ0v) is 9.92. The van der Waals surface area contributed by atoms with Gasteiger partial charge in [-0.25, -0.2) is 23.1 Å². The van der Waals surface area contributed by atoms with Crippen LogP contribution in [0.1, 0.15) is 0 Å². The molecule has 0 unspecified atom stereocenters. The summed E-state index contributed by atoms with van der Waals surface area (Å²) in [5, 5.41) is 9.17. The van der Waals surface area contributed by atoms with E-state index in [2.05, 4.69) is 14.7 Å². The largest absolute Gasteiger partial charge is 0.508 e. The maximum Gasteiger partial charge on any atom is 0.266 e. The Morgan fingerprint density at radius 1 is 1.22 bits per heavy atom. The SMILES string of the molecule is Nc1cc(O)ccc1S(=O)(=O)Nc1ncccn1. The number of hydrogen-bond acceptors (Lipinski definition) is 6. The number of benzene rings is 1. The quantitative estimate of drug-likeness (QED) is 0.699. The van der Waals surface area contributed by atoms with Crippen LogP contribution in [0.25, 0.3) is 0 Å². The minimum absolute atomic E-state index is 0.0509. The van der Waals surface area contributed by atoms with E-state index in [1.54, 1.807) is 6.07 Å². The van der Waals surface area contributed by atoms with E-state index in [4.69, 9.17) is 5.73 Å². The maximum absolute atomic E-state index is 12.0. The summed E-state index contributed by atoms with van der Waals surface area (Å²) in [7, 11) is -3.87. The lowest BCUT2D eigenvalue weighted by molar-refractivity contribution is 0.475. The second kappa shape index (κ2) is 4.49. The Kier molecular flexibility index (Phi) is 3.02. The molecule has 2 rings (SSSR count). The molecule has 0 radical (unpaired) electrons. The highest BCUT2D eigenvalue weighted by Crippen LogP contribution is 2.24. The van der Waals surface area contributed by atoms with Crippen LogP contribution < -0.4 is 10.5 Å². The Balaban J connectivity index is 2.37. The molecule has 0 bridgehead atoms. The number of aromatic nitrogens is 2. The van der Waals surface area contributed by atoms with Crippen LogP contribution in [0.2, 0.25) is 0 Å². The van der Waals surface area contributed by atoms with Gasteiger partial charge in [0.05, 0.1) is 5.69 Å². The molecule has 0 aliphatic rings. The van der Waals surface area contributed by atoms with Crippen molar-refractivity contribution in [2.24, 2.45) is 0 Å².